The normalized spacial score (nSPS) is 11.2. The first kappa shape index (κ1) is 14.3. The van der Waals surface area contributed by atoms with E-state index in [-0.39, 0.29) is 11.2 Å². The van der Waals surface area contributed by atoms with E-state index in [0.29, 0.717) is 5.16 Å². The number of aromatic nitrogens is 4. The molecule has 0 saturated heterocycles. The van der Waals surface area contributed by atoms with Crippen molar-refractivity contribution in [3.05, 3.63) is 24.3 Å². The van der Waals surface area contributed by atoms with Gasteiger partial charge in [0.15, 0.2) is 0 Å². The van der Waals surface area contributed by atoms with Gasteiger partial charge in [-0.05, 0) is 55.0 Å². The number of aromatic hydroxyl groups is 1. The average molecular weight is 289 g/mol. The molecule has 0 amide bonds. The fourth-order valence-electron chi connectivity index (χ4n) is 1.48. The number of tetrazole rings is 1. The zero-order chi connectivity index (χ0) is 14.6. The lowest BCUT2D eigenvalue weighted by Gasteiger charge is -2.13. The molecule has 0 bridgehead atoms. The second-order valence-corrected chi connectivity index (χ2v) is 6.05. The van der Waals surface area contributed by atoms with E-state index < -0.39 is 0 Å². The van der Waals surface area contributed by atoms with Crippen molar-refractivity contribution in [2.45, 2.75) is 25.4 Å². The Morgan fingerprint density at radius 1 is 1.35 bits per heavy atom. The van der Waals surface area contributed by atoms with E-state index in [2.05, 4.69) is 21.6 Å². The van der Waals surface area contributed by atoms with Crippen LogP contribution in [0.1, 0.15) is 20.3 Å². The van der Waals surface area contributed by atoms with Crippen LogP contribution in [0, 0.1) is 16.7 Å². The first-order valence-electron chi connectivity index (χ1n) is 6.14. The number of benzene rings is 1. The molecule has 2 rings (SSSR count). The highest BCUT2D eigenvalue weighted by molar-refractivity contribution is 7.99. The molecule has 0 aliphatic carbocycles. The van der Waals surface area contributed by atoms with Gasteiger partial charge in [0.1, 0.15) is 5.75 Å². The van der Waals surface area contributed by atoms with Crippen molar-refractivity contribution >= 4 is 11.8 Å². The van der Waals surface area contributed by atoms with Crippen molar-refractivity contribution in [2.24, 2.45) is 5.41 Å². The minimum atomic E-state index is -0.343. The number of nitrogens with zero attached hydrogens (tertiary/aromatic N) is 5. The van der Waals surface area contributed by atoms with Crippen LogP contribution in [-0.4, -0.2) is 31.1 Å². The fraction of sp³-hybridized carbons (Fsp3) is 0.385. The Morgan fingerprint density at radius 2 is 2.05 bits per heavy atom. The minimum Gasteiger partial charge on any atom is -0.508 e. The summed E-state index contributed by atoms with van der Waals surface area (Å²) in [5, 5.41) is 30.5. The first-order valence-corrected chi connectivity index (χ1v) is 7.12. The number of hydrogen-bond donors (Lipinski definition) is 1. The summed E-state index contributed by atoms with van der Waals surface area (Å²) in [6.07, 6.45) is 0.761. The van der Waals surface area contributed by atoms with Gasteiger partial charge in [-0.15, -0.1) is 5.10 Å². The summed E-state index contributed by atoms with van der Waals surface area (Å²) in [6, 6.07) is 8.94. The molecule has 7 heteroatoms. The van der Waals surface area contributed by atoms with E-state index >= 15 is 0 Å². The van der Waals surface area contributed by atoms with Crippen LogP contribution >= 0.6 is 11.8 Å². The van der Waals surface area contributed by atoms with Gasteiger partial charge in [-0.25, -0.2) is 0 Å². The lowest BCUT2D eigenvalue weighted by molar-refractivity contribution is 0.475. The highest BCUT2D eigenvalue weighted by Gasteiger charge is 2.17. The number of hydrogen-bond acceptors (Lipinski definition) is 6. The molecule has 6 nitrogen and oxygen atoms in total. The number of phenolic OH excluding ortho intramolecular Hbond substituents is 1. The van der Waals surface area contributed by atoms with Crippen molar-refractivity contribution in [1.82, 2.24) is 20.2 Å². The Morgan fingerprint density at radius 3 is 2.70 bits per heavy atom. The molecule has 1 aromatic carbocycles. The molecule has 0 unspecified atom stereocenters. The Labute approximate surface area is 121 Å². The zero-order valence-corrected chi connectivity index (χ0v) is 12.1. The Balaban J connectivity index is 2.06. The molecular formula is C13H15N5OS. The molecule has 2 aromatic rings. The first-order chi connectivity index (χ1) is 9.52. The number of phenols is 1. The zero-order valence-electron chi connectivity index (χ0n) is 11.3. The highest BCUT2D eigenvalue weighted by atomic mass is 32.2. The van der Waals surface area contributed by atoms with E-state index in [1.807, 2.05) is 13.8 Å². The van der Waals surface area contributed by atoms with Gasteiger partial charge in [0, 0.05) is 5.75 Å². The molecule has 1 heterocycles. The number of rotatable bonds is 5. The van der Waals surface area contributed by atoms with Gasteiger partial charge in [-0.2, -0.15) is 9.94 Å². The Hall–Kier alpha value is -2.07. The highest BCUT2D eigenvalue weighted by Crippen LogP contribution is 2.25. The summed E-state index contributed by atoms with van der Waals surface area (Å²) in [5.74, 6) is 0.964. The largest absolute Gasteiger partial charge is 0.508 e. The van der Waals surface area contributed by atoms with Gasteiger partial charge in [-0.1, -0.05) is 11.8 Å². The molecule has 1 N–H and O–H groups in total. The van der Waals surface area contributed by atoms with Gasteiger partial charge in [0.25, 0.3) is 0 Å². The molecule has 0 fully saturated rings. The lowest BCUT2D eigenvalue weighted by Crippen LogP contribution is -2.09. The third kappa shape index (κ3) is 3.48. The molecule has 0 aliphatic rings. The third-order valence-electron chi connectivity index (χ3n) is 2.80. The van der Waals surface area contributed by atoms with E-state index in [4.69, 9.17) is 5.26 Å². The topological polar surface area (TPSA) is 87.6 Å². The van der Waals surface area contributed by atoms with E-state index in [9.17, 15) is 5.11 Å². The van der Waals surface area contributed by atoms with Crippen LogP contribution in [0.2, 0.25) is 0 Å². The number of thioether (sulfide) groups is 1. The molecule has 0 saturated carbocycles. The van der Waals surface area contributed by atoms with Crippen molar-refractivity contribution < 1.29 is 5.11 Å². The smallest absolute Gasteiger partial charge is 0.214 e. The molecule has 0 radical (unpaired) electrons. The SMILES string of the molecule is CC(C)(C#N)CCSc1nnnn1-c1ccc(O)cc1. The van der Waals surface area contributed by atoms with E-state index in [0.717, 1.165) is 17.9 Å². The maximum Gasteiger partial charge on any atom is 0.214 e. The van der Waals surface area contributed by atoms with Crippen LogP contribution in [0.15, 0.2) is 29.4 Å². The summed E-state index contributed by atoms with van der Waals surface area (Å²) in [5.41, 5.74) is 0.443. The summed E-state index contributed by atoms with van der Waals surface area (Å²) in [6.45, 7) is 3.83. The van der Waals surface area contributed by atoms with Crippen LogP contribution in [-0.2, 0) is 0 Å². The maximum absolute atomic E-state index is 9.28. The van der Waals surface area contributed by atoms with Gasteiger partial charge in [-0.3, -0.25) is 0 Å². The second-order valence-electron chi connectivity index (χ2n) is 4.98. The van der Waals surface area contributed by atoms with Crippen LogP contribution < -0.4 is 0 Å². The average Bonchev–Trinajstić information content (AvgIpc) is 2.88. The van der Waals surface area contributed by atoms with Crippen molar-refractivity contribution in [3.8, 4) is 17.5 Å². The third-order valence-corrected chi connectivity index (χ3v) is 3.72. The van der Waals surface area contributed by atoms with E-state index in [1.165, 1.54) is 11.8 Å². The minimum absolute atomic E-state index is 0.201. The summed E-state index contributed by atoms with van der Waals surface area (Å²) < 4.78 is 1.61. The summed E-state index contributed by atoms with van der Waals surface area (Å²) in [7, 11) is 0. The monoisotopic (exact) mass is 289 g/mol. The quantitative estimate of drug-likeness (QED) is 0.850. The molecule has 0 aliphatic heterocycles. The van der Waals surface area contributed by atoms with Crippen molar-refractivity contribution in [3.63, 3.8) is 0 Å². The molecule has 0 spiro atoms. The molecular weight excluding hydrogens is 274 g/mol. The predicted octanol–water partition coefficient (Wildman–Crippen LogP) is 2.40. The van der Waals surface area contributed by atoms with Crippen LogP contribution in [0.25, 0.3) is 5.69 Å². The molecule has 0 atom stereocenters. The summed E-state index contributed by atoms with van der Waals surface area (Å²) >= 11 is 1.51. The van der Waals surface area contributed by atoms with Crippen LogP contribution in [0.4, 0.5) is 0 Å². The van der Waals surface area contributed by atoms with E-state index in [1.54, 1.807) is 28.9 Å². The van der Waals surface area contributed by atoms with Gasteiger partial charge >= 0.3 is 0 Å². The van der Waals surface area contributed by atoms with Gasteiger partial charge in [0.2, 0.25) is 5.16 Å². The van der Waals surface area contributed by atoms with Crippen molar-refractivity contribution in [1.29, 1.82) is 5.26 Å². The van der Waals surface area contributed by atoms with Crippen LogP contribution in [0.3, 0.4) is 0 Å². The maximum atomic E-state index is 9.28. The Kier molecular flexibility index (Phi) is 4.25. The van der Waals surface area contributed by atoms with Gasteiger partial charge in [0.05, 0.1) is 17.2 Å². The molecule has 1 aromatic heterocycles. The molecule has 104 valence electrons. The van der Waals surface area contributed by atoms with Crippen LogP contribution in [0.5, 0.6) is 5.75 Å². The second kappa shape index (κ2) is 5.92. The lowest BCUT2D eigenvalue weighted by atomic mass is 9.93. The number of nitriles is 1. The summed E-state index contributed by atoms with van der Waals surface area (Å²) in [4.78, 5) is 0. The standard InChI is InChI=1S/C13H15N5OS/c1-13(2,9-14)7-8-20-12-15-16-17-18(12)10-3-5-11(19)6-4-10/h3-6,19H,7-8H2,1-2H3. The fourth-order valence-corrected chi connectivity index (χ4v) is 2.63. The Bertz CT molecular complexity index is 614. The van der Waals surface area contributed by atoms with Gasteiger partial charge < -0.3 is 5.11 Å². The van der Waals surface area contributed by atoms with Crippen molar-refractivity contribution in [2.75, 3.05) is 5.75 Å². The predicted molar refractivity (Wildman–Crippen MR) is 75.6 cm³/mol. The molecule has 20 heavy (non-hydrogen) atoms.